The lowest BCUT2D eigenvalue weighted by atomic mass is 9.91. The Balaban J connectivity index is 1.47. The number of piperidine rings is 1. The van der Waals surface area contributed by atoms with Crippen LogP contribution in [0.1, 0.15) is 38.7 Å². The lowest BCUT2D eigenvalue weighted by molar-refractivity contribution is 0.0119. The summed E-state index contributed by atoms with van der Waals surface area (Å²) in [5.41, 5.74) is -0.121. The maximum Gasteiger partial charge on any atom is 0.315 e. The quantitative estimate of drug-likeness (QED) is 0.824. The summed E-state index contributed by atoms with van der Waals surface area (Å²) in [5.74, 6) is -0.747. The van der Waals surface area contributed by atoms with Gasteiger partial charge in [-0.25, -0.2) is 13.6 Å². The minimum Gasteiger partial charge on any atom is -0.375 e. The topological polar surface area (TPSA) is 53.6 Å². The van der Waals surface area contributed by atoms with Gasteiger partial charge in [-0.1, -0.05) is 6.07 Å². The molecule has 2 saturated heterocycles. The molecule has 3 rings (SSSR count). The highest BCUT2D eigenvalue weighted by Crippen LogP contribution is 2.30. The van der Waals surface area contributed by atoms with Gasteiger partial charge in [-0.3, -0.25) is 4.90 Å². The average molecular weight is 381 g/mol. The number of ether oxygens (including phenoxy) is 1. The van der Waals surface area contributed by atoms with Crippen molar-refractivity contribution in [2.45, 2.75) is 51.3 Å². The third kappa shape index (κ3) is 5.17. The molecule has 5 nitrogen and oxygen atoms in total. The molecular weight excluding hydrogens is 352 g/mol. The first kappa shape index (κ1) is 20.0. The summed E-state index contributed by atoms with van der Waals surface area (Å²) >= 11 is 0. The van der Waals surface area contributed by atoms with Crippen molar-refractivity contribution in [3.05, 3.63) is 35.4 Å². The number of hydrogen-bond acceptors (Lipinski definition) is 3. The second-order valence-corrected chi connectivity index (χ2v) is 8.07. The van der Waals surface area contributed by atoms with Crippen molar-refractivity contribution in [1.82, 2.24) is 15.5 Å². The molecule has 0 saturated carbocycles. The highest BCUT2D eigenvalue weighted by molar-refractivity contribution is 5.74. The first-order valence-electron chi connectivity index (χ1n) is 9.69. The van der Waals surface area contributed by atoms with Crippen LogP contribution in [0.5, 0.6) is 0 Å². The number of nitrogens with zero attached hydrogens (tertiary/aromatic N) is 1. The van der Waals surface area contributed by atoms with E-state index in [-0.39, 0.29) is 29.8 Å². The van der Waals surface area contributed by atoms with Crippen molar-refractivity contribution in [3.63, 3.8) is 0 Å². The number of nitrogens with one attached hydrogen (secondary N) is 2. The van der Waals surface area contributed by atoms with E-state index < -0.39 is 11.6 Å². The lowest BCUT2D eigenvalue weighted by Crippen LogP contribution is -2.51. The number of amides is 2. The molecule has 1 aromatic rings. The van der Waals surface area contributed by atoms with Gasteiger partial charge in [0.2, 0.25) is 0 Å². The zero-order valence-electron chi connectivity index (χ0n) is 16.1. The largest absolute Gasteiger partial charge is 0.375 e. The van der Waals surface area contributed by atoms with Crippen LogP contribution < -0.4 is 10.6 Å². The van der Waals surface area contributed by atoms with Gasteiger partial charge in [-0.2, -0.15) is 0 Å². The Bertz CT molecular complexity index is 648. The third-order valence-corrected chi connectivity index (χ3v) is 5.72. The van der Waals surface area contributed by atoms with Gasteiger partial charge in [0, 0.05) is 43.8 Å². The molecule has 2 N–H and O–H groups in total. The molecule has 7 heteroatoms. The smallest absolute Gasteiger partial charge is 0.315 e. The fourth-order valence-corrected chi connectivity index (χ4v) is 3.95. The van der Waals surface area contributed by atoms with Gasteiger partial charge in [-0.15, -0.1) is 0 Å². The summed E-state index contributed by atoms with van der Waals surface area (Å²) in [6.45, 7) is 6.96. The zero-order chi connectivity index (χ0) is 19.4. The highest BCUT2D eigenvalue weighted by Gasteiger charge is 2.35. The zero-order valence-corrected chi connectivity index (χ0v) is 16.1. The standard InChI is InChI=1S/C20H29F2N3O2/c1-20(2)14(8-10-27-20)11-23-19(26)24-15-5-4-9-25(12-15)13-16-17(21)6-3-7-18(16)22/h3,6-7,14-15H,4-5,8-13H2,1-2H3,(H2,23,24,26). The van der Waals surface area contributed by atoms with E-state index in [0.717, 1.165) is 32.4 Å². The number of hydrogen-bond donors (Lipinski definition) is 2. The number of rotatable bonds is 5. The van der Waals surface area contributed by atoms with Gasteiger partial charge >= 0.3 is 6.03 Å². The molecule has 2 atom stereocenters. The molecule has 2 aliphatic heterocycles. The van der Waals surface area contributed by atoms with E-state index in [1.165, 1.54) is 18.2 Å². The second-order valence-electron chi connectivity index (χ2n) is 8.07. The molecule has 2 fully saturated rings. The number of halogens is 2. The predicted molar refractivity (Wildman–Crippen MR) is 99.3 cm³/mol. The van der Waals surface area contributed by atoms with E-state index in [1.807, 2.05) is 18.7 Å². The van der Waals surface area contributed by atoms with Crippen LogP contribution in [-0.4, -0.2) is 48.8 Å². The lowest BCUT2D eigenvalue weighted by Gasteiger charge is -2.33. The SMILES string of the molecule is CC1(C)OCCC1CNC(=O)NC1CCCN(Cc2c(F)cccc2F)C1. The van der Waals surface area contributed by atoms with Crippen LogP contribution in [0.3, 0.4) is 0 Å². The Kier molecular flexibility index (Phi) is 6.32. The van der Waals surface area contributed by atoms with E-state index in [1.54, 1.807) is 0 Å². The van der Waals surface area contributed by atoms with Crippen molar-refractivity contribution in [2.24, 2.45) is 5.92 Å². The van der Waals surface area contributed by atoms with Crippen LogP contribution in [-0.2, 0) is 11.3 Å². The Morgan fingerprint density at radius 1 is 1.30 bits per heavy atom. The van der Waals surface area contributed by atoms with Crippen LogP contribution in [0.25, 0.3) is 0 Å². The molecule has 2 amide bonds. The van der Waals surface area contributed by atoms with Crippen LogP contribution in [0.15, 0.2) is 18.2 Å². The molecule has 2 heterocycles. The summed E-state index contributed by atoms with van der Waals surface area (Å²) in [6.07, 6.45) is 2.69. The van der Waals surface area contributed by atoms with Crippen LogP contribution in [0, 0.1) is 17.6 Å². The van der Waals surface area contributed by atoms with Crippen LogP contribution >= 0.6 is 0 Å². The number of carbonyl (C=O) groups excluding carboxylic acids is 1. The van der Waals surface area contributed by atoms with Crippen molar-refractivity contribution >= 4 is 6.03 Å². The van der Waals surface area contributed by atoms with Gasteiger partial charge < -0.3 is 15.4 Å². The second kappa shape index (κ2) is 8.52. The minimum absolute atomic E-state index is 0.0265. The summed E-state index contributed by atoms with van der Waals surface area (Å²) < 4.78 is 33.4. The van der Waals surface area contributed by atoms with Gasteiger partial charge in [-0.05, 0) is 51.8 Å². The van der Waals surface area contributed by atoms with Crippen molar-refractivity contribution < 1.29 is 18.3 Å². The fraction of sp³-hybridized carbons (Fsp3) is 0.650. The molecule has 0 aromatic heterocycles. The first-order valence-corrected chi connectivity index (χ1v) is 9.69. The van der Waals surface area contributed by atoms with Crippen molar-refractivity contribution in [1.29, 1.82) is 0 Å². The molecule has 2 aliphatic rings. The van der Waals surface area contributed by atoms with Gasteiger partial charge in [0.25, 0.3) is 0 Å². The molecule has 0 aliphatic carbocycles. The summed E-state index contributed by atoms with van der Waals surface area (Å²) in [4.78, 5) is 14.2. The van der Waals surface area contributed by atoms with E-state index in [9.17, 15) is 13.6 Å². The van der Waals surface area contributed by atoms with Crippen LogP contribution in [0.2, 0.25) is 0 Å². The molecule has 0 radical (unpaired) electrons. The molecule has 150 valence electrons. The molecule has 27 heavy (non-hydrogen) atoms. The Hall–Kier alpha value is -1.73. The minimum atomic E-state index is -0.524. The maximum atomic E-state index is 13.9. The summed E-state index contributed by atoms with van der Waals surface area (Å²) in [6, 6.07) is 3.71. The number of likely N-dealkylation sites (tertiary alicyclic amines) is 1. The molecule has 1 aromatic carbocycles. The third-order valence-electron chi connectivity index (χ3n) is 5.72. The van der Waals surface area contributed by atoms with Gasteiger partial charge in [0.1, 0.15) is 11.6 Å². The number of urea groups is 1. The number of benzene rings is 1. The predicted octanol–water partition coefficient (Wildman–Crippen LogP) is 3.04. The maximum absolute atomic E-state index is 13.9. The Labute approximate surface area is 159 Å². The fourth-order valence-electron chi connectivity index (χ4n) is 3.95. The normalized spacial score (nSPS) is 25.3. The molecular formula is C20H29F2N3O2. The summed E-state index contributed by atoms with van der Waals surface area (Å²) in [7, 11) is 0. The van der Waals surface area contributed by atoms with Gasteiger partial charge in [0.05, 0.1) is 5.60 Å². The summed E-state index contributed by atoms with van der Waals surface area (Å²) in [5, 5.41) is 5.94. The van der Waals surface area contributed by atoms with E-state index >= 15 is 0 Å². The van der Waals surface area contributed by atoms with Gasteiger partial charge in [0.15, 0.2) is 0 Å². The van der Waals surface area contributed by atoms with E-state index in [2.05, 4.69) is 10.6 Å². The molecule has 0 spiro atoms. The molecule has 0 bridgehead atoms. The van der Waals surface area contributed by atoms with Crippen molar-refractivity contribution in [2.75, 3.05) is 26.2 Å². The Morgan fingerprint density at radius 2 is 2.04 bits per heavy atom. The molecule has 2 unspecified atom stereocenters. The Morgan fingerprint density at radius 3 is 2.70 bits per heavy atom. The monoisotopic (exact) mass is 381 g/mol. The van der Waals surface area contributed by atoms with Crippen LogP contribution in [0.4, 0.5) is 13.6 Å². The average Bonchev–Trinajstić information content (AvgIpc) is 2.95. The first-order chi connectivity index (χ1) is 12.8. The van der Waals surface area contributed by atoms with Crippen molar-refractivity contribution in [3.8, 4) is 0 Å². The van der Waals surface area contributed by atoms with E-state index in [0.29, 0.717) is 19.0 Å². The highest BCUT2D eigenvalue weighted by atomic mass is 19.1. The van der Waals surface area contributed by atoms with E-state index in [4.69, 9.17) is 4.74 Å². The number of carbonyl (C=O) groups is 1.